The lowest BCUT2D eigenvalue weighted by Gasteiger charge is -2.45. The van der Waals surface area contributed by atoms with Crippen molar-refractivity contribution in [2.45, 2.75) is 86.6 Å². The zero-order valence-corrected chi connectivity index (χ0v) is 19.3. The van der Waals surface area contributed by atoms with Gasteiger partial charge < -0.3 is 4.90 Å². The van der Waals surface area contributed by atoms with Crippen molar-refractivity contribution in [2.75, 3.05) is 6.54 Å². The Morgan fingerprint density at radius 2 is 1.57 bits per heavy atom. The molecule has 0 saturated carbocycles. The maximum Gasteiger partial charge on any atom is 0.350 e. The Hall–Kier alpha value is -1.02. The summed E-state index contributed by atoms with van der Waals surface area (Å²) >= 11 is 0. The van der Waals surface area contributed by atoms with Crippen LogP contribution in [-0.4, -0.2) is 43.5 Å². The predicted molar refractivity (Wildman–Crippen MR) is 110 cm³/mol. The van der Waals surface area contributed by atoms with Crippen LogP contribution in [-0.2, 0) is 10.0 Å². The number of rotatable bonds is 3. The second-order valence-corrected chi connectivity index (χ2v) is 12.7. The van der Waals surface area contributed by atoms with Gasteiger partial charge in [0.2, 0.25) is 0 Å². The van der Waals surface area contributed by atoms with Gasteiger partial charge in [-0.25, -0.2) is 13.1 Å². The van der Waals surface area contributed by atoms with Crippen LogP contribution in [0.4, 0.5) is 8.78 Å². The number of aliphatic imine (C=N–C) groups is 1. The molecule has 2 aliphatic heterocycles. The summed E-state index contributed by atoms with van der Waals surface area (Å²) in [6, 6.07) is -0.656. The molecule has 8 heteroatoms. The smallest absolute Gasteiger partial charge is 0.332 e. The monoisotopic (exact) mass is 419 g/mol. The van der Waals surface area contributed by atoms with E-state index in [-0.39, 0.29) is 22.3 Å². The molecule has 2 atom stereocenters. The van der Waals surface area contributed by atoms with Gasteiger partial charge in [-0.05, 0) is 16.4 Å². The fourth-order valence-corrected chi connectivity index (χ4v) is 4.78. The Labute approximate surface area is 168 Å². The molecule has 0 spiro atoms. The quantitative estimate of drug-likeness (QED) is 0.739. The first kappa shape index (κ1) is 23.3. The van der Waals surface area contributed by atoms with Gasteiger partial charge in [0.1, 0.15) is 5.84 Å². The third kappa shape index (κ3) is 4.58. The molecule has 1 fully saturated rings. The number of hydrogen-bond donors (Lipinski definition) is 1. The van der Waals surface area contributed by atoms with Crippen LogP contribution in [0.5, 0.6) is 0 Å². The van der Waals surface area contributed by atoms with Crippen LogP contribution in [0.15, 0.2) is 16.3 Å². The van der Waals surface area contributed by atoms with E-state index in [4.69, 9.17) is 4.99 Å². The molecule has 2 aliphatic rings. The predicted octanol–water partition coefficient (Wildman–Crippen LogP) is 4.38. The lowest BCUT2D eigenvalue weighted by Crippen LogP contribution is -2.47. The van der Waals surface area contributed by atoms with E-state index in [1.165, 1.54) is 0 Å². The minimum Gasteiger partial charge on any atom is -0.332 e. The van der Waals surface area contributed by atoms with Crippen molar-refractivity contribution in [2.24, 2.45) is 21.2 Å². The number of alkyl halides is 2. The molecule has 2 rings (SSSR count). The highest BCUT2D eigenvalue weighted by molar-refractivity contribution is 7.89. The van der Waals surface area contributed by atoms with Crippen LogP contribution in [0, 0.1) is 16.2 Å². The summed E-state index contributed by atoms with van der Waals surface area (Å²) in [4.78, 5) is 7.20. The minimum absolute atomic E-state index is 0.0570. The summed E-state index contributed by atoms with van der Waals surface area (Å²) in [7, 11) is -4.64. The standard InChI is InChI=1S/C20H35F2N3O2S/c1-18(2,3)14-13-10-12(24-28(26,27)17(21)22)11-25(13)16(20(7,8)9)23-15(14)19(4,5)6/h12,15,17,24H,10-11H2,1-9H3/t12-,15-/m1/s1. The average Bonchev–Trinajstić information content (AvgIpc) is 2.83. The van der Waals surface area contributed by atoms with Crippen LogP contribution in [0.1, 0.15) is 68.7 Å². The van der Waals surface area contributed by atoms with Crippen LogP contribution in [0.2, 0.25) is 0 Å². The number of sulfonamides is 1. The molecule has 5 nitrogen and oxygen atoms in total. The summed E-state index contributed by atoms with van der Waals surface area (Å²) in [6.07, 6.45) is 0.389. The van der Waals surface area contributed by atoms with E-state index in [1.807, 2.05) is 0 Å². The summed E-state index contributed by atoms with van der Waals surface area (Å²) in [5.41, 5.74) is 1.61. The molecule has 28 heavy (non-hydrogen) atoms. The molecule has 1 N–H and O–H groups in total. The van der Waals surface area contributed by atoms with Crippen molar-refractivity contribution >= 4 is 15.9 Å². The van der Waals surface area contributed by atoms with E-state index in [9.17, 15) is 17.2 Å². The zero-order valence-electron chi connectivity index (χ0n) is 18.5. The van der Waals surface area contributed by atoms with Gasteiger partial charge in [-0.3, -0.25) is 4.99 Å². The summed E-state index contributed by atoms with van der Waals surface area (Å²) in [5.74, 6) is -2.55. The minimum atomic E-state index is -4.64. The molecule has 0 aliphatic carbocycles. The molecule has 0 radical (unpaired) electrons. The number of halogens is 2. The maximum absolute atomic E-state index is 12.9. The fourth-order valence-electron chi connectivity index (χ4n) is 4.05. The van der Waals surface area contributed by atoms with Crippen molar-refractivity contribution < 1.29 is 17.2 Å². The van der Waals surface area contributed by atoms with Crippen LogP contribution < -0.4 is 4.72 Å². The van der Waals surface area contributed by atoms with Crippen LogP contribution in [0.3, 0.4) is 0 Å². The van der Waals surface area contributed by atoms with E-state index < -0.39 is 21.8 Å². The third-order valence-electron chi connectivity index (χ3n) is 5.12. The summed E-state index contributed by atoms with van der Waals surface area (Å²) in [6.45, 7) is 19.3. The molecule has 1 saturated heterocycles. The first-order valence-electron chi connectivity index (χ1n) is 9.74. The molecule has 162 valence electrons. The largest absolute Gasteiger partial charge is 0.350 e. The number of nitrogens with one attached hydrogen (secondary N) is 1. The van der Waals surface area contributed by atoms with E-state index in [0.29, 0.717) is 13.0 Å². The molecule has 0 aromatic carbocycles. The number of hydrogen-bond acceptors (Lipinski definition) is 4. The Morgan fingerprint density at radius 1 is 1.04 bits per heavy atom. The van der Waals surface area contributed by atoms with Crippen molar-refractivity contribution in [3.05, 3.63) is 11.3 Å². The van der Waals surface area contributed by atoms with Gasteiger partial charge in [0, 0.05) is 30.1 Å². The summed E-state index contributed by atoms with van der Waals surface area (Å²) < 4.78 is 51.5. The first-order chi connectivity index (χ1) is 12.4. The Balaban J connectivity index is 2.60. The molecular weight excluding hydrogens is 384 g/mol. The van der Waals surface area contributed by atoms with Gasteiger partial charge in [-0.1, -0.05) is 62.3 Å². The SMILES string of the molecule is CC(C)(C)C1=N[C@@H](C(C)(C)C)C(C(C)(C)C)=C2C[C@@H](NS(=O)(=O)C(F)F)CN12. The molecule has 0 aromatic rings. The van der Waals surface area contributed by atoms with Gasteiger partial charge in [0.25, 0.3) is 10.0 Å². The molecule has 0 aromatic heterocycles. The normalized spacial score (nSPS) is 24.7. The third-order valence-corrected chi connectivity index (χ3v) is 6.26. The van der Waals surface area contributed by atoms with Crippen molar-refractivity contribution in [1.82, 2.24) is 9.62 Å². The average molecular weight is 420 g/mol. The highest BCUT2D eigenvalue weighted by Gasteiger charge is 2.47. The second-order valence-electron chi connectivity index (χ2n) is 11.0. The van der Waals surface area contributed by atoms with Gasteiger partial charge in [-0.2, -0.15) is 8.78 Å². The number of nitrogens with zero attached hydrogens (tertiary/aromatic N) is 2. The Bertz CT molecular complexity index is 782. The lowest BCUT2D eigenvalue weighted by atomic mass is 9.70. The van der Waals surface area contributed by atoms with E-state index >= 15 is 0 Å². The lowest BCUT2D eigenvalue weighted by molar-refractivity contribution is 0.231. The van der Waals surface area contributed by atoms with Crippen LogP contribution >= 0.6 is 0 Å². The second kappa shape index (κ2) is 7.04. The Kier molecular flexibility index (Phi) is 5.85. The highest BCUT2D eigenvalue weighted by Crippen LogP contribution is 2.47. The zero-order chi connectivity index (χ0) is 21.9. The van der Waals surface area contributed by atoms with Gasteiger partial charge in [-0.15, -0.1) is 0 Å². The first-order valence-corrected chi connectivity index (χ1v) is 11.3. The molecule has 0 amide bonds. The topological polar surface area (TPSA) is 61.8 Å². The van der Waals surface area contributed by atoms with E-state index in [0.717, 1.165) is 17.1 Å². The number of fused-ring (bicyclic) bond motifs is 1. The molecular formula is C20H35F2N3O2S. The highest BCUT2D eigenvalue weighted by atomic mass is 32.2. The van der Waals surface area contributed by atoms with Gasteiger partial charge in [0.15, 0.2) is 0 Å². The maximum atomic E-state index is 12.9. The van der Waals surface area contributed by atoms with E-state index in [1.54, 1.807) is 0 Å². The fraction of sp³-hybridized carbons (Fsp3) is 0.850. The van der Waals surface area contributed by atoms with Gasteiger partial charge in [0.05, 0.1) is 6.04 Å². The Morgan fingerprint density at radius 3 is 1.96 bits per heavy atom. The van der Waals surface area contributed by atoms with Crippen LogP contribution in [0.25, 0.3) is 0 Å². The van der Waals surface area contributed by atoms with Crippen molar-refractivity contribution in [3.8, 4) is 0 Å². The summed E-state index contributed by atoms with van der Waals surface area (Å²) in [5, 5.41) is 0. The van der Waals surface area contributed by atoms with Crippen molar-refractivity contribution in [1.29, 1.82) is 0 Å². The molecule has 2 heterocycles. The van der Waals surface area contributed by atoms with E-state index in [2.05, 4.69) is 71.9 Å². The number of amidine groups is 1. The van der Waals surface area contributed by atoms with Gasteiger partial charge >= 0.3 is 5.76 Å². The molecule has 0 unspecified atom stereocenters. The molecule has 0 bridgehead atoms. The van der Waals surface area contributed by atoms with Crippen molar-refractivity contribution in [3.63, 3.8) is 0 Å².